The van der Waals surface area contributed by atoms with Crippen molar-refractivity contribution in [2.75, 3.05) is 26.4 Å². The van der Waals surface area contributed by atoms with Crippen LogP contribution in [0.5, 0.6) is 0 Å². The van der Waals surface area contributed by atoms with E-state index >= 15 is 0 Å². The molecule has 0 radical (unpaired) electrons. The van der Waals surface area contributed by atoms with E-state index in [4.69, 9.17) is 23.5 Å². The van der Waals surface area contributed by atoms with Gasteiger partial charge in [-0.05, 0) is 44.9 Å². The molecular formula is C41H76O12S. The molecule has 1 heterocycles. The Morgan fingerprint density at radius 1 is 0.704 bits per heavy atom. The second-order valence-corrected chi connectivity index (χ2v) is 15.6. The van der Waals surface area contributed by atoms with E-state index in [1.54, 1.807) is 0 Å². The van der Waals surface area contributed by atoms with Crippen LogP contribution in [-0.4, -0.2) is 97.5 Å². The molecule has 0 aliphatic carbocycles. The maximum atomic E-state index is 12.8. The lowest BCUT2D eigenvalue weighted by molar-refractivity contribution is -0.301. The Morgan fingerprint density at radius 3 is 1.80 bits per heavy atom. The molecule has 0 bridgehead atoms. The summed E-state index contributed by atoms with van der Waals surface area (Å²) in [6.07, 6.45) is 26.5. The molecule has 1 saturated heterocycles. The Morgan fingerprint density at radius 2 is 1.22 bits per heavy atom. The summed E-state index contributed by atoms with van der Waals surface area (Å²) in [4.78, 5) is 12.8. The highest BCUT2D eigenvalue weighted by atomic mass is 32.3. The predicted molar refractivity (Wildman–Crippen MR) is 211 cm³/mol. The van der Waals surface area contributed by atoms with E-state index in [1.165, 1.54) is 89.9 Å². The Labute approximate surface area is 327 Å². The van der Waals surface area contributed by atoms with Crippen molar-refractivity contribution in [3.8, 4) is 0 Å². The van der Waals surface area contributed by atoms with Gasteiger partial charge >= 0.3 is 16.4 Å². The summed E-state index contributed by atoms with van der Waals surface area (Å²) in [5, 5.41) is 30.5. The summed E-state index contributed by atoms with van der Waals surface area (Å²) in [5.41, 5.74) is 0. The molecule has 0 saturated carbocycles. The van der Waals surface area contributed by atoms with Gasteiger partial charge in [0, 0.05) is 13.0 Å². The van der Waals surface area contributed by atoms with Crippen LogP contribution in [0, 0.1) is 0 Å². The van der Waals surface area contributed by atoms with Crippen LogP contribution in [-0.2, 0) is 38.3 Å². The molecule has 12 nitrogen and oxygen atoms in total. The average Bonchev–Trinajstić information content (AvgIpc) is 3.14. The molecule has 0 spiro atoms. The quantitative estimate of drug-likeness (QED) is 0.0208. The summed E-state index contributed by atoms with van der Waals surface area (Å²) >= 11 is 0. The summed E-state index contributed by atoms with van der Waals surface area (Å²) < 4.78 is 58.8. The van der Waals surface area contributed by atoms with Gasteiger partial charge in [-0.15, -0.1) is 0 Å². The first-order valence-electron chi connectivity index (χ1n) is 21.1. The van der Waals surface area contributed by atoms with Crippen LogP contribution in [0.1, 0.15) is 168 Å². The molecule has 0 aromatic carbocycles. The van der Waals surface area contributed by atoms with Crippen molar-refractivity contribution in [1.29, 1.82) is 0 Å². The number of aliphatic hydroxyl groups excluding tert-OH is 3. The van der Waals surface area contributed by atoms with Gasteiger partial charge in [0.25, 0.3) is 0 Å². The molecule has 0 aromatic rings. The molecule has 6 atom stereocenters. The first-order valence-corrected chi connectivity index (χ1v) is 22.5. The van der Waals surface area contributed by atoms with Gasteiger partial charge in [0.05, 0.1) is 19.8 Å². The second-order valence-electron chi connectivity index (χ2n) is 14.6. The monoisotopic (exact) mass is 793 g/mol. The topological polar surface area (TPSA) is 178 Å². The zero-order chi connectivity index (χ0) is 39.7. The lowest BCUT2D eigenvalue weighted by Gasteiger charge is -2.41. The van der Waals surface area contributed by atoms with E-state index in [0.717, 1.165) is 51.4 Å². The fourth-order valence-corrected chi connectivity index (χ4v) is 6.86. The predicted octanol–water partition coefficient (Wildman–Crippen LogP) is 8.07. The minimum atomic E-state index is -5.05. The molecule has 4 N–H and O–H groups in total. The fourth-order valence-electron chi connectivity index (χ4n) is 6.35. The molecule has 0 amide bonds. The van der Waals surface area contributed by atoms with Gasteiger partial charge < -0.3 is 34.3 Å². The van der Waals surface area contributed by atoms with E-state index in [-0.39, 0.29) is 19.6 Å². The van der Waals surface area contributed by atoms with Crippen LogP contribution in [0.25, 0.3) is 0 Å². The van der Waals surface area contributed by atoms with Crippen LogP contribution in [0.15, 0.2) is 24.3 Å². The number of carbonyl (C=O) groups is 1. The number of aliphatic hydroxyl groups is 3. The van der Waals surface area contributed by atoms with Gasteiger partial charge in [0.2, 0.25) is 0 Å². The second kappa shape index (κ2) is 33.7. The Kier molecular flexibility index (Phi) is 31.6. The van der Waals surface area contributed by atoms with Crippen LogP contribution in [0.4, 0.5) is 0 Å². The van der Waals surface area contributed by atoms with Crippen molar-refractivity contribution in [1.82, 2.24) is 0 Å². The first-order chi connectivity index (χ1) is 26.1. The molecule has 0 aromatic heterocycles. The number of carbonyl (C=O) groups excluding carboxylic acids is 1. The number of ether oxygens (including phenoxy) is 4. The number of esters is 1. The van der Waals surface area contributed by atoms with Gasteiger partial charge in [-0.1, -0.05) is 141 Å². The Balaban J connectivity index is 2.40. The number of rotatable bonds is 36. The SMILES string of the molecule is CCCCC/C=C\C/C=C\CCCCCCCCCCCC(=O)OC(COCCCCCCCCCC)COC1OC(CO)C(O)C(OS(=O)(=O)O)C1O. The molecule has 1 rings (SSSR count). The first kappa shape index (κ1) is 50.6. The van der Waals surface area contributed by atoms with Crippen molar-refractivity contribution in [3.63, 3.8) is 0 Å². The number of allylic oxidation sites excluding steroid dienone is 4. The van der Waals surface area contributed by atoms with Crippen LogP contribution in [0.2, 0.25) is 0 Å². The van der Waals surface area contributed by atoms with E-state index in [0.29, 0.717) is 13.0 Å². The standard InChI is InChI=1S/C41H76O12S/c1-3-5-7-9-11-13-14-15-16-17-18-19-20-21-22-23-24-26-28-30-37(43)51-35(33-49-31-29-27-25-12-10-8-6-4-2)34-50-41-39(45)40(53-54(46,47)48)38(44)36(32-42)52-41/h11,13,15-16,35-36,38-42,44-45H,3-10,12,14,17-34H2,1-2H3,(H,46,47,48)/b13-11-,16-15-. The van der Waals surface area contributed by atoms with Crippen molar-refractivity contribution in [2.45, 2.75) is 205 Å². The van der Waals surface area contributed by atoms with Gasteiger partial charge in [0.1, 0.15) is 30.5 Å². The van der Waals surface area contributed by atoms with Crippen molar-refractivity contribution >= 4 is 16.4 Å². The van der Waals surface area contributed by atoms with Gasteiger partial charge in [-0.2, -0.15) is 8.42 Å². The molecule has 1 aliphatic rings. The van der Waals surface area contributed by atoms with Crippen molar-refractivity contribution in [2.24, 2.45) is 0 Å². The summed E-state index contributed by atoms with van der Waals surface area (Å²) in [7, 11) is -5.05. The Bertz CT molecular complexity index is 1050. The van der Waals surface area contributed by atoms with E-state index in [2.05, 4.69) is 42.3 Å². The van der Waals surface area contributed by atoms with Gasteiger partial charge in [-0.25, -0.2) is 4.18 Å². The van der Waals surface area contributed by atoms with E-state index in [9.17, 15) is 28.5 Å². The molecule has 6 unspecified atom stereocenters. The van der Waals surface area contributed by atoms with Crippen LogP contribution < -0.4 is 0 Å². The molecule has 1 aliphatic heterocycles. The largest absolute Gasteiger partial charge is 0.457 e. The summed E-state index contributed by atoms with van der Waals surface area (Å²) in [6, 6.07) is 0. The lowest BCUT2D eigenvalue weighted by atomic mass is 9.99. The van der Waals surface area contributed by atoms with Gasteiger partial charge in [0.15, 0.2) is 6.29 Å². The lowest BCUT2D eigenvalue weighted by Crippen LogP contribution is -2.60. The van der Waals surface area contributed by atoms with Crippen molar-refractivity contribution < 1.29 is 56.2 Å². The maximum absolute atomic E-state index is 12.8. The molecule has 318 valence electrons. The maximum Gasteiger partial charge on any atom is 0.397 e. The number of hydrogen-bond donors (Lipinski definition) is 4. The smallest absolute Gasteiger partial charge is 0.397 e. The summed E-state index contributed by atoms with van der Waals surface area (Å²) in [5.74, 6) is -0.405. The Hall–Kier alpha value is -1.42. The minimum Gasteiger partial charge on any atom is -0.457 e. The third-order valence-electron chi connectivity index (χ3n) is 9.58. The molecule has 54 heavy (non-hydrogen) atoms. The van der Waals surface area contributed by atoms with Crippen LogP contribution >= 0.6 is 0 Å². The van der Waals surface area contributed by atoms with Crippen molar-refractivity contribution in [3.05, 3.63) is 24.3 Å². The summed E-state index contributed by atoms with van der Waals surface area (Å²) in [6.45, 7) is 3.93. The highest BCUT2D eigenvalue weighted by Crippen LogP contribution is 2.26. The molecule has 1 fully saturated rings. The zero-order valence-electron chi connectivity index (χ0n) is 33.5. The van der Waals surface area contributed by atoms with Gasteiger partial charge in [-0.3, -0.25) is 9.35 Å². The molecule has 13 heteroatoms. The normalized spacial score (nSPS) is 21.3. The third-order valence-corrected chi connectivity index (χ3v) is 10.0. The number of hydrogen-bond acceptors (Lipinski definition) is 11. The number of unbranched alkanes of at least 4 members (excludes halogenated alkanes) is 19. The van der Waals surface area contributed by atoms with E-state index in [1.807, 2.05) is 0 Å². The highest BCUT2D eigenvalue weighted by Gasteiger charge is 2.48. The fraction of sp³-hybridized carbons (Fsp3) is 0.878. The highest BCUT2D eigenvalue weighted by molar-refractivity contribution is 7.80. The third kappa shape index (κ3) is 27.2. The molecular weight excluding hydrogens is 717 g/mol. The van der Waals surface area contributed by atoms with Crippen LogP contribution in [0.3, 0.4) is 0 Å². The van der Waals surface area contributed by atoms with E-state index < -0.39 is 59.8 Å². The minimum absolute atomic E-state index is 0.0366. The zero-order valence-corrected chi connectivity index (χ0v) is 34.4. The average molecular weight is 793 g/mol.